The van der Waals surface area contributed by atoms with Crippen molar-refractivity contribution in [3.05, 3.63) is 62.6 Å². The van der Waals surface area contributed by atoms with Crippen molar-refractivity contribution in [1.82, 2.24) is 0 Å². The van der Waals surface area contributed by atoms with Crippen LogP contribution in [-0.4, -0.2) is 19.9 Å². The molecule has 0 saturated carbocycles. The maximum atomic E-state index is 13.0. The fourth-order valence-electron chi connectivity index (χ4n) is 2.77. The number of benzene rings is 2. The first kappa shape index (κ1) is 15.9. The highest BCUT2D eigenvalue weighted by atomic mass is 79.9. The SMILES string of the molecule is CC1CN(S(=O)(=O)c2cc(Br)ccc2[N+](=O)[O-])c2ccccc21. The average Bonchev–Trinajstić information content (AvgIpc) is 2.85. The third kappa shape index (κ3) is 2.61. The minimum atomic E-state index is -4.02. The summed E-state index contributed by atoms with van der Waals surface area (Å²) in [6, 6.07) is 11.1. The van der Waals surface area contributed by atoms with Crippen LogP contribution in [0.5, 0.6) is 0 Å². The summed E-state index contributed by atoms with van der Waals surface area (Å²) in [5.41, 5.74) is 1.08. The van der Waals surface area contributed by atoms with Crippen LogP contribution >= 0.6 is 15.9 Å². The molecule has 1 aliphatic rings. The van der Waals surface area contributed by atoms with Gasteiger partial charge < -0.3 is 0 Å². The van der Waals surface area contributed by atoms with Gasteiger partial charge in [-0.05, 0) is 23.8 Å². The lowest BCUT2D eigenvalue weighted by atomic mass is 10.0. The van der Waals surface area contributed by atoms with Crippen molar-refractivity contribution in [2.24, 2.45) is 0 Å². The molecule has 0 amide bonds. The Labute approximate surface area is 142 Å². The Morgan fingerprint density at radius 2 is 1.96 bits per heavy atom. The molecule has 6 nitrogen and oxygen atoms in total. The summed E-state index contributed by atoms with van der Waals surface area (Å²) in [6.45, 7) is 2.20. The number of nitro benzene ring substituents is 1. The molecule has 8 heteroatoms. The molecule has 23 heavy (non-hydrogen) atoms. The number of hydrogen-bond donors (Lipinski definition) is 0. The Morgan fingerprint density at radius 3 is 2.65 bits per heavy atom. The summed E-state index contributed by atoms with van der Waals surface area (Å²) in [5.74, 6) is 0.0344. The van der Waals surface area contributed by atoms with Crippen molar-refractivity contribution < 1.29 is 13.3 Å². The topological polar surface area (TPSA) is 80.5 Å². The molecule has 0 aliphatic carbocycles. The minimum Gasteiger partial charge on any atom is -0.265 e. The first-order chi connectivity index (χ1) is 10.8. The van der Waals surface area contributed by atoms with Crippen molar-refractivity contribution in [2.75, 3.05) is 10.8 Å². The number of sulfonamides is 1. The molecule has 0 fully saturated rings. The van der Waals surface area contributed by atoms with Gasteiger partial charge in [0.05, 0.1) is 10.6 Å². The Kier molecular flexibility index (Phi) is 3.89. The first-order valence-corrected chi connectivity index (χ1v) is 9.11. The summed E-state index contributed by atoms with van der Waals surface area (Å²) in [4.78, 5) is 10.2. The van der Waals surface area contributed by atoms with E-state index in [1.807, 2.05) is 19.1 Å². The van der Waals surface area contributed by atoms with Gasteiger partial charge in [0.25, 0.3) is 15.7 Å². The van der Waals surface area contributed by atoms with E-state index in [1.54, 1.807) is 12.1 Å². The Balaban J connectivity index is 2.18. The second-order valence-corrected chi connectivity index (χ2v) is 8.11. The molecule has 0 spiro atoms. The number of para-hydroxylation sites is 1. The molecule has 1 heterocycles. The third-order valence-electron chi connectivity index (χ3n) is 3.86. The van der Waals surface area contributed by atoms with E-state index in [9.17, 15) is 18.5 Å². The number of hydrogen-bond acceptors (Lipinski definition) is 4. The van der Waals surface area contributed by atoms with Crippen LogP contribution in [0.25, 0.3) is 0 Å². The van der Waals surface area contributed by atoms with Crippen molar-refractivity contribution in [1.29, 1.82) is 0 Å². The van der Waals surface area contributed by atoms with Gasteiger partial charge in [0.2, 0.25) is 0 Å². The van der Waals surface area contributed by atoms with Crippen LogP contribution in [0.1, 0.15) is 18.4 Å². The van der Waals surface area contributed by atoms with Crippen LogP contribution in [0.15, 0.2) is 51.8 Å². The van der Waals surface area contributed by atoms with E-state index in [1.165, 1.54) is 22.5 Å². The summed E-state index contributed by atoms with van der Waals surface area (Å²) in [7, 11) is -4.02. The first-order valence-electron chi connectivity index (χ1n) is 6.88. The number of anilines is 1. The average molecular weight is 397 g/mol. The zero-order chi connectivity index (χ0) is 16.8. The number of halogens is 1. The Bertz CT molecular complexity index is 898. The second kappa shape index (κ2) is 5.61. The molecule has 0 aromatic heterocycles. The van der Waals surface area contributed by atoms with Gasteiger partial charge in [-0.25, -0.2) is 8.42 Å². The van der Waals surface area contributed by atoms with Crippen LogP contribution in [0.2, 0.25) is 0 Å². The van der Waals surface area contributed by atoms with Crippen LogP contribution in [0, 0.1) is 10.1 Å². The minimum absolute atomic E-state index is 0.0344. The molecule has 0 saturated heterocycles. The molecule has 1 atom stereocenters. The Morgan fingerprint density at radius 1 is 1.26 bits per heavy atom. The highest BCUT2D eigenvalue weighted by Gasteiger charge is 2.38. The highest BCUT2D eigenvalue weighted by Crippen LogP contribution is 2.41. The lowest BCUT2D eigenvalue weighted by Gasteiger charge is -2.19. The lowest BCUT2D eigenvalue weighted by Crippen LogP contribution is -2.30. The molecule has 0 radical (unpaired) electrons. The summed E-state index contributed by atoms with van der Waals surface area (Å²) < 4.78 is 27.8. The quantitative estimate of drug-likeness (QED) is 0.585. The second-order valence-electron chi connectivity index (χ2n) is 5.37. The monoisotopic (exact) mass is 396 g/mol. The molecule has 2 aromatic carbocycles. The largest absolute Gasteiger partial charge is 0.289 e. The van der Waals surface area contributed by atoms with E-state index < -0.39 is 20.6 Å². The van der Waals surface area contributed by atoms with Gasteiger partial charge in [-0.15, -0.1) is 0 Å². The van der Waals surface area contributed by atoms with E-state index in [2.05, 4.69) is 15.9 Å². The summed E-state index contributed by atoms with van der Waals surface area (Å²) in [5, 5.41) is 11.2. The lowest BCUT2D eigenvalue weighted by molar-refractivity contribution is -0.387. The summed E-state index contributed by atoms with van der Waals surface area (Å²) >= 11 is 3.18. The predicted molar refractivity (Wildman–Crippen MR) is 90.2 cm³/mol. The standard InChI is InChI=1S/C15H13BrN2O4S/c1-10-9-17(13-5-3-2-4-12(10)13)23(21,22)15-8-11(16)6-7-14(15)18(19)20/h2-8,10H,9H2,1H3. The van der Waals surface area contributed by atoms with E-state index in [-0.39, 0.29) is 17.4 Å². The number of fused-ring (bicyclic) bond motifs is 1. The number of rotatable bonds is 3. The fourth-order valence-corrected chi connectivity index (χ4v) is 5.05. The molecule has 0 N–H and O–H groups in total. The maximum Gasteiger partial charge on any atom is 0.289 e. The van der Waals surface area contributed by atoms with Gasteiger partial charge >= 0.3 is 0 Å². The van der Waals surface area contributed by atoms with E-state index in [0.717, 1.165) is 5.56 Å². The maximum absolute atomic E-state index is 13.0. The highest BCUT2D eigenvalue weighted by molar-refractivity contribution is 9.10. The predicted octanol–water partition coefficient (Wildman–Crippen LogP) is 3.67. The van der Waals surface area contributed by atoms with E-state index >= 15 is 0 Å². The van der Waals surface area contributed by atoms with Gasteiger partial charge in [0.15, 0.2) is 4.90 Å². The fraction of sp³-hybridized carbons (Fsp3) is 0.200. The number of nitro groups is 1. The van der Waals surface area contributed by atoms with Crippen molar-refractivity contribution >= 4 is 37.3 Å². The Hall–Kier alpha value is -1.93. The molecule has 0 bridgehead atoms. The van der Waals surface area contributed by atoms with Gasteiger partial charge in [0, 0.05) is 23.0 Å². The van der Waals surface area contributed by atoms with Crippen LogP contribution < -0.4 is 4.31 Å². The smallest absolute Gasteiger partial charge is 0.265 e. The summed E-state index contributed by atoms with van der Waals surface area (Å²) in [6.07, 6.45) is 0. The van der Waals surface area contributed by atoms with Gasteiger partial charge in [-0.2, -0.15) is 0 Å². The zero-order valence-corrected chi connectivity index (χ0v) is 14.5. The van der Waals surface area contributed by atoms with E-state index in [4.69, 9.17) is 0 Å². The van der Waals surface area contributed by atoms with Crippen LogP contribution in [0.4, 0.5) is 11.4 Å². The molecule has 1 aliphatic heterocycles. The van der Waals surface area contributed by atoms with Crippen molar-refractivity contribution in [2.45, 2.75) is 17.7 Å². The molecule has 2 aromatic rings. The zero-order valence-electron chi connectivity index (χ0n) is 12.1. The number of nitrogens with zero attached hydrogens (tertiary/aromatic N) is 2. The van der Waals surface area contributed by atoms with Gasteiger partial charge in [-0.3, -0.25) is 14.4 Å². The normalized spacial score (nSPS) is 17.1. The molecule has 1 unspecified atom stereocenters. The van der Waals surface area contributed by atoms with Crippen molar-refractivity contribution in [3.8, 4) is 0 Å². The van der Waals surface area contributed by atoms with Gasteiger partial charge in [-0.1, -0.05) is 41.1 Å². The molecular formula is C15H13BrN2O4S. The van der Waals surface area contributed by atoms with Crippen LogP contribution in [-0.2, 0) is 10.0 Å². The van der Waals surface area contributed by atoms with Gasteiger partial charge in [0.1, 0.15) is 0 Å². The van der Waals surface area contributed by atoms with E-state index in [0.29, 0.717) is 10.2 Å². The third-order valence-corrected chi connectivity index (χ3v) is 6.16. The van der Waals surface area contributed by atoms with Crippen molar-refractivity contribution in [3.63, 3.8) is 0 Å². The molecule has 3 rings (SSSR count). The van der Waals surface area contributed by atoms with Crippen LogP contribution in [0.3, 0.4) is 0 Å². The molecule has 120 valence electrons. The molecular weight excluding hydrogens is 384 g/mol.